The highest BCUT2D eigenvalue weighted by atomic mass is 32.2. The number of rotatable bonds is 4. The van der Waals surface area contributed by atoms with Gasteiger partial charge in [-0.05, 0) is 47.5 Å². The number of benzene rings is 1. The molecule has 0 aliphatic heterocycles. The minimum absolute atomic E-state index is 0.0551. The van der Waals surface area contributed by atoms with Gasteiger partial charge in [0.1, 0.15) is 4.90 Å². The molecule has 0 N–H and O–H groups in total. The van der Waals surface area contributed by atoms with Gasteiger partial charge in [0.2, 0.25) is 5.88 Å². The highest BCUT2D eigenvalue weighted by Gasteiger charge is 2.17. The van der Waals surface area contributed by atoms with Crippen LogP contribution in [0.2, 0.25) is 0 Å². The summed E-state index contributed by atoms with van der Waals surface area (Å²) in [5.74, 6) is 0.0551. The molecule has 3 rings (SSSR count). The van der Waals surface area contributed by atoms with E-state index in [0.29, 0.717) is 0 Å². The fraction of sp³-hybridized carbons (Fsp3) is 0.0625. The summed E-state index contributed by atoms with van der Waals surface area (Å²) in [4.78, 5) is 4.18. The molecule has 22 heavy (non-hydrogen) atoms. The summed E-state index contributed by atoms with van der Waals surface area (Å²) in [5.41, 5.74) is 2.95. The van der Waals surface area contributed by atoms with Gasteiger partial charge >= 0.3 is 10.1 Å². The lowest BCUT2D eigenvalue weighted by molar-refractivity contribution is 0.476. The Kier molecular flexibility index (Phi) is 3.96. The Morgan fingerprint density at radius 1 is 1.00 bits per heavy atom. The monoisotopic (exact) mass is 331 g/mol. The van der Waals surface area contributed by atoms with Crippen molar-refractivity contribution in [1.29, 1.82) is 0 Å². The first kappa shape index (κ1) is 14.7. The third kappa shape index (κ3) is 3.18. The van der Waals surface area contributed by atoms with Crippen LogP contribution in [0, 0.1) is 6.92 Å². The number of nitrogens with zero attached hydrogens (tertiary/aromatic N) is 1. The van der Waals surface area contributed by atoms with Crippen LogP contribution in [0.1, 0.15) is 5.56 Å². The third-order valence-corrected chi connectivity index (χ3v) is 5.02. The van der Waals surface area contributed by atoms with E-state index in [1.54, 1.807) is 41.8 Å². The maximum Gasteiger partial charge on any atom is 0.340 e. The lowest BCUT2D eigenvalue weighted by Crippen LogP contribution is -2.10. The van der Waals surface area contributed by atoms with Gasteiger partial charge in [0.05, 0.1) is 0 Å². The molecule has 3 aromatic rings. The van der Waals surface area contributed by atoms with Gasteiger partial charge in [0, 0.05) is 17.8 Å². The largest absolute Gasteiger partial charge is 0.358 e. The number of pyridine rings is 1. The smallest absolute Gasteiger partial charge is 0.340 e. The zero-order valence-electron chi connectivity index (χ0n) is 11.8. The van der Waals surface area contributed by atoms with Gasteiger partial charge in [0.25, 0.3) is 0 Å². The molecule has 1 aromatic carbocycles. The highest BCUT2D eigenvalue weighted by molar-refractivity contribution is 7.87. The summed E-state index contributed by atoms with van der Waals surface area (Å²) < 4.78 is 29.4. The first-order valence-corrected chi connectivity index (χ1v) is 8.89. The van der Waals surface area contributed by atoms with Crippen molar-refractivity contribution in [2.75, 3.05) is 0 Å². The first-order chi connectivity index (χ1) is 10.5. The molecule has 0 fully saturated rings. The molecule has 0 radical (unpaired) electrons. The summed E-state index contributed by atoms with van der Waals surface area (Å²) in [6.07, 6.45) is 1.60. The molecule has 0 spiro atoms. The van der Waals surface area contributed by atoms with Gasteiger partial charge in [0.15, 0.2) is 0 Å². The number of hydrogen-bond donors (Lipinski definition) is 0. The van der Waals surface area contributed by atoms with E-state index in [9.17, 15) is 8.42 Å². The maximum absolute atomic E-state index is 12.2. The number of thiophene rings is 1. The zero-order chi connectivity index (χ0) is 15.6. The Morgan fingerprint density at radius 2 is 1.77 bits per heavy atom. The van der Waals surface area contributed by atoms with Gasteiger partial charge in [-0.1, -0.05) is 17.7 Å². The van der Waals surface area contributed by atoms with Gasteiger partial charge in [-0.3, -0.25) is 0 Å². The fourth-order valence-electron chi connectivity index (χ4n) is 1.89. The Bertz CT molecular complexity index is 853. The van der Waals surface area contributed by atoms with Gasteiger partial charge in [-0.2, -0.15) is 19.8 Å². The van der Waals surface area contributed by atoms with Crippen LogP contribution in [0.15, 0.2) is 64.3 Å². The van der Waals surface area contributed by atoms with Crippen molar-refractivity contribution in [1.82, 2.24) is 4.98 Å². The molecule has 0 saturated carbocycles. The van der Waals surface area contributed by atoms with Gasteiger partial charge in [-0.25, -0.2) is 4.98 Å². The predicted molar refractivity (Wildman–Crippen MR) is 86.5 cm³/mol. The van der Waals surface area contributed by atoms with E-state index in [1.165, 1.54) is 12.1 Å². The van der Waals surface area contributed by atoms with Gasteiger partial charge < -0.3 is 4.18 Å². The molecule has 0 bridgehead atoms. The van der Waals surface area contributed by atoms with Crippen molar-refractivity contribution < 1.29 is 12.6 Å². The summed E-state index contributed by atoms with van der Waals surface area (Å²) in [5, 5.41) is 3.97. The quantitative estimate of drug-likeness (QED) is 0.681. The summed E-state index contributed by atoms with van der Waals surface area (Å²) in [7, 11) is -3.86. The lowest BCUT2D eigenvalue weighted by atomic mass is 10.2. The van der Waals surface area contributed by atoms with E-state index in [0.717, 1.165) is 16.7 Å². The molecule has 0 unspecified atom stereocenters. The maximum atomic E-state index is 12.2. The summed E-state index contributed by atoms with van der Waals surface area (Å²) in [6.45, 7) is 1.89. The average Bonchev–Trinajstić information content (AvgIpc) is 3.02. The molecule has 0 aliphatic rings. The molecule has 112 valence electrons. The van der Waals surface area contributed by atoms with Crippen LogP contribution >= 0.6 is 11.3 Å². The number of aryl methyl sites for hydroxylation is 1. The highest BCUT2D eigenvalue weighted by Crippen LogP contribution is 2.24. The van der Waals surface area contributed by atoms with Crippen molar-refractivity contribution >= 4 is 21.5 Å². The van der Waals surface area contributed by atoms with E-state index in [2.05, 4.69) is 4.98 Å². The molecule has 6 heteroatoms. The van der Waals surface area contributed by atoms with Crippen molar-refractivity contribution in [2.24, 2.45) is 0 Å². The standard InChI is InChI=1S/C16H13NO3S2/c1-12-2-5-15(6-3-12)22(18,19)20-16-7-4-13(10-17-16)14-8-9-21-11-14/h2-11H,1H3. The molecule has 2 heterocycles. The fourth-order valence-corrected chi connectivity index (χ4v) is 3.45. The van der Waals surface area contributed by atoms with Gasteiger partial charge in [-0.15, -0.1) is 0 Å². The predicted octanol–water partition coefficient (Wildman–Crippen LogP) is 3.89. The van der Waals surface area contributed by atoms with Crippen LogP contribution in [0.25, 0.3) is 11.1 Å². The molecular weight excluding hydrogens is 318 g/mol. The molecule has 0 atom stereocenters. The normalized spacial score (nSPS) is 11.3. The second-order valence-electron chi connectivity index (χ2n) is 4.75. The first-order valence-electron chi connectivity index (χ1n) is 6.54. The van der Waals surface area contributed by atoms with Crippen molar-refractivity contribution in [2.45, 2.75) is 11.8 Å². The number of aromatic nitrogens is 1. The SMILES string of the molecule is Cc1ccc(S(=O)(=O)Oc2ccc(-c3ccsc3)cn2)cc1. The number of hydrogen-bond acceptors (Lipinski definition) is 5. The van der Waals surface area contributed by atoms with Crippen LogP contribution < -0.4 is 4.18 Å². The van der Waals surface area contributed by atoms with E-state index in [1.807, 2.05) is 23.8 Å². The van der Waals surface area contributed by atoms with Crippen LogP contribution in [-0.4, -0.2) is 13.4 Å². The second kappa shape index (κ2) is 5.90. The molecule has 0 amide bonds. The minimum atomic E-state index is -3.86. The Balaban J connectivity index is 1.82. The van der Waals surface area contributed by atoms with E-state index in [-0.39, 0.29) is 10.8 Å². The zero-order valence-corrected chi connectivity index (χ0v) is 13.4. The molecule has 2 aromatic heterocycles. The Morgan fingerprint density at radius 3 is 2.36 bits per heavy atom. The molecule has 4 nitrogen and oxygen atoms in total. The van der Waals surface area contributed by atoms with Crippen molar-refractivity contribution in [3.8, 4) is 17.0 Å². The molecule has 0 aliphatic carbocycles. The average molecular weight is 331 g/mol. The Labute approximate surface area is 133 Å². The van der Waals surface area contributed by atoms with Crippen LogP contribution in [-0.2, 0) is 10.1 Å². The minimum Gasteiger partial charge on any atom is -0.358 e. The van der Waals surface area contributed by atoms with E-state index >= 15 is 0 Å². The van der Waals surface area contributed by atoms with E-state index < -0.39 is 10.1 Å². The van der Waals surface area contributed by atoms with Crippen LogP contribution in [0.4, 0.5) is 0 Å². The molecule has 0 saturated heterocycles. The van der Waals surface area contributed by atoms with Crippen LogP contribution in [0.5, 0.6) is 5.88 Å². The third-order valence-electron chi connectivity index (χ3n) is 3.10. The Hall–Kier alpha value is -2.18. The topological polar surface area (TPSA) is 56.3 Å². The molecular formula is C16H13NO3S2. The van der Waals surface area contributed by atoms with Crippen molar-refractivity contribution in [3.63, 3.8) is 0 Å². The van der Waals surface area contributed by atoms with E-state index in [4.69, 9.17) is 4.18 Å². The lowest BCUT2D eigenvalue weighted by Gasteiger charge is -2.07. The summed E-state index contributed by atoms with van der Waals surface area (Å²) in [6, 6.07) is 11.8. The van der Waals surface area contributed by atoms with Crippen molar-refractivity contribution in [3.05, 3.63) is 65.0 Å². The van der Waals surface area contributed by atoms with Crippen LogP contribution in [0.3, 0.4) is 0 Å². The second-order valence-corrected chi connectivity index (χ2v) is 7.07. The summed E-state index contributed by atoms with van der Waals surface area (Å²) >= 11 is 1.59.